The van der Waals surface area contributed by atoms with E-state index in [1.165, 1.54) is 6.07 Å². The van der Waals surface area contributed by atoms with Gasteiger partial charge in [0.2, 0.25) is 0 Å². The van der Waals surface area contributed by atoms with Crippen molar-refractivity contribution in [3.8, 4) is 0 Å². The Morgan fingerprint density at radius 3 is 2.24 bits per heavy atom. The molecule has 0 aliphatic carbocycles. The Bertz CT molecular complexity index is 388. The van der Waals surface area contributed by atoms with Crippen LogP contribution >= 0.6 is 0 Å². The third-order valence-corrected chi connectivity index (χ3v) is 2.10. The molecule has 0 spiro atoms. The first-order valence-electron chi connectivity index (χ1n) is 5.38. The molecule has 0 heterocycles. The molecule has 0 aliphatic rings. The zero-order valence-electron chi connectivity index (χ0n) is 10.2. The predicted molar refractivity (Wildman–Crippen MR) is 60.8 cm³/mol. The van der Waals surface area contributed by atoms with Crippen molar-refractivity contribution in [2.45, 2.75) is 32.8 Å². The summed E-state index contributed by atoms with van der Waals surface area (Å²) in [5, 5.41) is 0. The SMILES string of the molecule is CC(C)(C)OCC(=O)Cc1c(F)cccc1F. The van der Waals surface area contributed by atoms with Crippen LogP contribution in [-0.4, -0.2) is 18.0 Å². The Morgan fingerprint density at radius 2 is 1.76 bits per heavy atom. The number of carbonyl (C=O) groups is 1. The number of ether oxygens (including phenoxy) is 1. The first-order chi connectivity index (χ1) is 7.79. The van der Waals surface area contributed by atoms with Crippen molar-refractivity contribution < 1.29 is 18.3 Å². The van der Waals surface area contributed by atoms with E-state index in [2.05, 4.69) is 0 Å². The average molecular weight is 242 g/mol. The highest BCUT2D eigenvalue weighted by atomic mass is 19.1. The van der Waals surface area contributed by atoms with E-state index < -0.39 is 17.2 Å². The number of benzene rings is 1. The van der Waals surface area contributed by atoms with Gasteiger partial charge in [0, 0.05) is 12.0 Å². The normalized spacial score (nSPS) is 11.6. The van der Waals surface area contributed by atoms with Gasteiger partial charge in [-0.05, 0) is 32.9 Å². The molecule has 0 aliphatic heterocycles. The Labute approximate surface area is 99.6 Å². The van der Waals surface area contributed by atoms with Crippen LogP contribution in [0.1, 0.15) is 26.3 Å². The number of hydrogen-bond acceptors (Lipinski definition) is 2. The molecule has 0 fully saturated rings. The molecule has 0 bridgehead atoms. The maximum absolute atomic E-state index is 13.3. The number of Topliss-reactive ketones (excluding diaryl/α,β-unsaturated/α-hetero) is 1. The van der Waals surface area contributed by atoms with Crippen LogP contribution in [0.3, 0.4) is 0 Å². The molecule has 1 aromatic rings. The van der Waals surface area contributed by atoms with Gasteiger partial charge in [-0.25, -0.2) is 8.78 Å². The predicted octanol–water partition coefficient (Wildman–Crippen LogP) is 2.89. The van der Waals surface area contributed by atoms with Crippen molar-refractivity contribution in [2.24, 2.45) is 0 Å². The van der Waals surface area contributed by atoms with Crippen molar-refractivity contribution in [3.05, 3.63) is 35.4 Å². The maximum atomic E-state index is 13.3. The number of carbonyl (C=O) groups excluding carboxylic acids is 1. The second-order valence-electron chi connectivity index (χ2n) is 4.82. The van der Waals surface area contributed by atoms with E-state index in [1.807, 2.05) is 20.8 Å². The molecule has 0 N–H and O–H groups in total. The fraction of sp³-hybridized carbons (Fsp3) is 0.462. The van der Waals surface area contributed by atoms with Crippen molar-refractivity contribution in [3.63, 3.8) is 0 Å². The Balaban J connectivity index is 2.63. The summed E-state index contributed by atoms with van der Waals surface area (Å²) >= 11 is 0. The molecular weight excluding hydrogens is 226 g/mol. The summed E-state index contributed by atoms with van der Waals surface area (Å²) in [5.74, 6) is -1.74. The van der Waals surface area contributed by atoms with Gasteiger partial charge in [0.1, 0.15) is 18.2 Å². The smallest absolute Gasteiger partial charge is 0.163 e. The monoisotopic (exact) mass is 242 g/mol. The molecule has 0 unspecified atom stereocenters. The second-order valence-corrected chi connectivity index (χ2v) is 4.82. The first-order valence-corrected chi connectivity index (χ1v) is 5.38. The van der Waals surface area contributed by atoms with Crippen LogP contribution < -0.4 is 0 Å². The van der Waals surface area contributed by atoms with Crippen LogP contribution in [0.4, 0.5) is 8.78 Å². The molecule has 0 saturated carbocycles. The minimum Gasteiger partial charge on any atom is -0.368 e. The summed E-state index contributed by atoms with van der Waals surface area (Å²) < 4.78 is 31.8. The van der Waals surface area contributed by atoms with Crippen LogP contribution in [0.5, 0.6) is 0 Å². The fourth-order valence-electron chi connectivity index (χ4n) is 1.25. The van der Waals surface area contributed by atoms with Crippen LogP contribution in [0.25, 0.3) is 0 Å². The van der Waals surface area contributed by atoms with Gasteiger partial charge in [-0.2, -0.15) is 0 Å². The number of ketones is 1. The molecule has 94 valence electrons. The highest BCUT2D eigenvalue weighted by Crippen LogP contribution is 2.14. The molecule has 0 aromatic heterocycles. The zero-order chi connectivity index (χ0) is 13.1. The lowest BCUT2D eigenvalue weighted by molar-refractivity contribution is -0.127. The van der Waals surface area contributed by atoms with Gasteiger partial charge < -0.3 is 4.74 Å². The molecule has 17 heavy (non-hydrogen) atoms. The summed E-state index contributed by atoms with van der Waals surface area (Å²) in [5.41, 5.74) is -0.640. The number of halogens is 2. The minimum absolute atomic E-state index is 0.142. The molecule has 0 radical (unpaired) electrons. The molecule has 0 amide bonds. The van der Waals surface area contributed by atoms with E-state index in [4.69, 9.17) is 4.74 Å². The van der Waals surface area contributed by atoms with Crippen molar-refractivity contribution >= 4 is 5.78 Å². The van der Waals surface area contributed by atoms with Crippen LogP contribution in [0.15, 0.2) is 18.2 Å². The van der Waals surface area contributed by atoms with Crippen molar-refractivity contribution in [2.75, 3.05) is 6.61 Å². The maximum Gasteiger partial charge on any atom is 0.163 e. The average Bonchev–Trinajstić information content (AvgIpc) is 2.20. The quantitative estimate of drug-likeness (QED) is 0.811. The molecule has 0 saturated heterocycles. The van der Waals surface area contributed by atoms with Gasteiger partial charge >= 0.3 is 0 Å². The zero-order valence-corrected chi connectivity index (χ0v) is 10.2. The van der Waals surface area contributed by atoms with E-state index in [1.54, 1.807) is 0 Å². The van der Waals surface area contributed by atoms with Gasteiger partial charge in [-0.3, -0.25) is 4.79 Å². The number of hydrogen-bond donors (Lipinski definition) is 0. The van der Waals surface area contributed by atoms with Gasteiger partial charge in [0.15, 0.2) is 5.78 Å². The number of rotatable bonds is 4. The summed E-state index contributed by atoms with van der Waals surface area (Å²) in [7, 11) is 0. The lowest BCUT2D eigenvalue weighted by Gasteiger charge is -2.18. The van der Waals surface area contributed by atoms with Crippen LogP contribution in [0, 0.1) is 11.6 Å². The van der Waals surface area contributed by atoms with Gasteiger partial charge in [-0.1, -0.05) is 6.07 Å². The van der Waals surface area contributed by atoms with Crippen molar-refractivity contribution in [1.82, 2.24) is 0 Å². The van der Waals surface area contributed by atoms with Crippen LogP contribution in [-0.2, 0) is 16.0 Å². The van der Waals surface area contributed by atoms with Gasteiger partial charge in [0.25, 0.3) is 0 Å². The van der Waals surface area contributed by atoms with E-state index in [0.29, 0.717) is 0 Å². The van der Waals surface area contributed by atoms with Gasteiger partial charge in [0.05, 0.1) is 5.60 Å². The van der Waals surface area contributed by atoms with E-state index >= 15 is 0 Å². The lowest BCUT2D eigenvalue weighted by Crippen LogP contribution is -2.24. The standard InChI is InChI=1S/C13H16F2O2/c1-13(2,3)17-8-9(16)7-10-11(14)5-4-6-12(10)15/h4-6H,7-8H2,1-3H3. The van der Waals surface area contributed by atoms with Crippen molar-refractivity contribution in [1.29, 1.82) is 0 Å². The van der Waals surface area contributed by atoms with E-state index in [9.17, 15) is 13.6 Å². The summed E-state index contributed by atoms with van der Waals surface area (Å²) in [6, 6.07) is 3.54. The van der Waals surface area contributed by atoms with Gasteiger partial charge in [-0.15, -0.1) is 0 Å². The third kappa shape index (κ3) is 4.61. The van der Waals surface area contributed by atoms with E-state index in [0.717, 1.165) is 12.1 Å². The fourth-order valence-corrected chi connectivity index (χ4v) is 1.25. The molecule has 0 atom stereocenters. The topological polar surface area (TPSA) is 26.3 Å². The largest absolute Gasteiger partial charge is 0.368 e. The first kappa shape index (κ1) is 13.8. The van der Waals surface area contributed by atoms with E-state index in [-0.39, 0.29) is 24.4 Å². The molecular formula is C13H16F2O2. The molecule has 2 nitrogen and oxygen atoms in total. The molecule has 1 rings (SSSR count). The summed E-state index contributed by atoms with van der Waals surface area (Å²) in [6.07, 6.45) is -0.283. The lowest BCUT2D eigenvalue weighted by atomic mass is 10.1. The highest BCUT2D eigenvalue weighted by Gasteiger charge is 2.16. The molecule has 1 aromatic carbocycles. The summed E-state index contributed by atoms with van der Waals surface area (Å²) in [6.45, 7) is 5.29. The Kier molecular flexibility index (Phi) is 4.34. The summed E-state index contributed by atoms with van der Waals surface area (Å²) in [4.78, 5) is 11.5. The third-order valence-electron chi connectivity index (χ3n) is 2.10. The molecule has 4 heteroatoms. The highest BCUT2D eigenvalue weighted by molar-refractivity contribution is 5.82. The minimum atomic E-state index is -0.700. The van der Waals surface area contributed by atoms with Crippen LogP contribution in [0.2, 0.25) is 0 Å². The Morgan fingerprint density at radius 1 is 1.24 bits per heavy atom. The second kappa shape index (κ2) is 5.36. The Hall–Kier alpha value is -1.29.